The number of hydrogen-bond donors (Lipinski definition) is 1. The number of likely N-dealkylation sites (tertiary alicyclic amines) is 1. The minimum Gasteiger partial charge on any atom is -0.360 e. The van der Waals surface area contributed by atoms with Crippen LogP contribution in [0.4, 0.5) is 5.69 Å². The second-order valence-corrected chi connectivity index (χ2v) is 8.43. The van der Waals surface area contributed by atoms with E-state index in [0.717, 1.165) is 37.4 Å². The number of piperazine rings is 1. The van der Waals surface area contributed by atoms with E-state index in [1.54, 1.807) is 0 Å². The molecule has 1 atom stereocenters. The fourth-order valence-electron chi connectivity index (χ4n) is 4.20. The van der Waals surface area contributed by atoms with Crippen LogP contribution in [0.1, 0.15) is 12.0 Å². The largest absolute Gasteiger partial charge is 0.360 e. The van der Waals surface area contributed by atoms with Crippen molar-refractivity contribution in [1.29, 1.82) is 0 Å². The number of nitrogens with zero attached hydrogens (tertiary/aromatic N) is 2. The van der Waals surface area contributed by atoms with Crippen LogP contribution in [-0.2, 0) is 16.0 Å². The number of hydrogen-bond acceptors (Lipinski definition) is 3. The molecule has 0 aromatic heterocycles. The Balaban J connectivity index is 1.34. The van der Waals surface area contributed by atoms with Gasteiger partial charge in [0.15, 0.2) is 6.04 Å². The number of benzene rings is 2. The first-order valence-electron chi connectivity index (χ1n) is 9.95. The maximum atomic E-state index is 12.9. The van der Waals surface area contributed by atoms with Crippen molar-refractivity contribution in [1.82, 2.24) is 4.90 Å². The van der Waals surface area contributed by atoms with Crippen molar-refractivity contribution in [2.24, 2.45) is 0 Å². The van der Waals surface area contributed by atoms with Crippen LogP contribution >= 0.6 is 23.2 Å². The molecule has 0 unspecified atom stereocenters. The van der Waals surface area contributed by atoms with E-state index < -0.39 is 0 Å². The summed E-state index contributed by atoms with van der Waals surface area (Å²) in [5, 5.41) is 1.09. The van der Waals surface area contributed by atoms with Crippen LogP contribution in [0.25, 0.3) is 0 Å². The quantitative estimate of drug-likeness (QED) is 0.735. The lowest BCUT2D eigenvalue weighted by molar-refractivity contribution is -0.915. The highest BCUT2D eigenvalue weighted by Gasteiger charge is 2.45. The molecule has 0 radical (unpaired) electrons. The Morgan fingerprint density at radius 2 is 1.69 bits per heavy atom. The van der Waals surface area contributed by atoms with Gasteiger partial charge in [-0.05, 0) is 30.2 Å². The number of rotatable bonds is 5. The zero-order valence-electron chi connectivity index (χ0n) is 16.1. The van der Waals surface area contributed by atoms with Crippen molar-refractivity contribution in [2.45, 2.75) is 18.9 Å². The van der Waals surface area contributed by atoms with Crippen molar-refractivity contribution in [3.63, 3.8) is 0 Å². The van der Waals surface area contributed by atoms with E-state index in [9.17, 15) is 9.59 Å². The van der Waals surface area contributed by atoms with Gasteiger partial charge in [-0.25, -0.2) is 0 Å². The van der Waals surface area contributed by atoms with Gasteiger partial charge >= 0.3 is 0 Å². The fourth-order valence-corrected chi connectivity index (χ4v) is 4.50. The smallest absolute Gasteiger partial charge is 0.288 e. The summed E-state index contributed by atoms with van der Waals surface area (Å²) in [6.07, 6.45) is 1.02. The molecule has 0 aliphatic carbocycles. The van der Waals surface area contributed by atoms with Crippen molar-refractivity contribution in [3.8, 4) is 0 Å². The molecular weight excluding hydrogens is 409 g/mol. The third kappa shape index (κ3) is 4.42. The van der Waals surface area contributed by atoms with Gasteiger partial charge in [0.2, 0.25) is 5.91 Å². The van der Waals surface area contributed by atoms with Crippen LogP contribution in [0.2, 0.25) is 10.0 Å². The Morgan fingerprint density at radius 3 is 2.38 bits per heavy atom. The molecule has 152 valence electrons. The zero-order chi connectivity index (χ0) is 20.4. The third-order valence-corrected chi connectivity index (χ3v) is 6.62. The van der Waals surface area contributed by atoms with Gasteiger partial charge in [-0.15, -0.1) is 0 Å². The predicted molar refractivity (Wildman–Crippen MR) is 115 cm³/mol. The van der Waals surface area contributed by atoms with Crippen molar-refractivity contribution >= 4 is 40.7 Å². The lowest BCUT2D eigenvalue weighted by atomic mass is 10.1. The number of anilines is 1. The van der Waals surface area contributed by atoms with E-state index in [4.69, 9.17) is 23.2 Å². The van der Waals surface area contributed by atoms with Gasteiger partial charge in [0.05, 0.1) is 42.6 Å². The number of quaternary nitrogens is 1. The molecule has 2 fully saturated rings. The first kappa shape index (κ1) is 20.2. The number of nitrogens with one attached hydrogen (secondary N) is 1. The Morgan fingerprint density at radius 1 is 0.966 bits per heavy atom. The summed E-state index contributed by atoms with van der Waals surface area (Å²) in [5.74, 6) is -0.0701. The highest BCUT2D eigenvalue weighted by atomic mass is 35.5. The molecule has 0 saturated carbocycles. The number of carbonyl (C=O) groups is 2. The van der Waals surface area contributed by atoms with E-state index in [1.165, 1.54) is 9.80 Å². The maximum absolute atomic E-state index is 12.9. The second kappa shape index (κ2) is 8.74. The Bertz CT molecular complexity index is 898. The summed E-state index contributed by atoms with van der Waals surface area (Å²) in [4.78, 5) is 30.3. The lowest BCUT2D eigenvalue weighted by Gasteiger charge is -2.35. The van der Waals surface area contributed by atoms with Gasteiger partial charge < -0.3 is 9.80 Å². The molecule has 2 aliphatic heterocycles. The summed E-state index contributed by atoms with van der Waals surface area (Å²) in [7, 11) is 0. The zero-order valence-corrected chi connectivity index (χ0v) is 17.6. The first-order valence-corrected chi connectivity index (χ1v) is 10.7. The summed E-state index contributed by atoms with van der Waals surface area (Å²) in [6.45, 7) is 3.72. The molecule has 7 heteroatoms. The third-order valence-electron chi connectivity index (χ3n) is 5.88. The van der Waals surface area contributed by atoms with E-state index >= 15 is 0 Å². The van der Waals surface area contributed by atoms with Gasteiger partial charge in [0.25, 0.3) is 5.91 Å². The molecule has 4 rings (SSSR count). The average molecular weight is 433 g/mol. The average Bonchev–Trinajstić information content (AvgIpc) is 3.03. The molecule has 29 heavy (non-hydrogen) atoms. The molecule has 0 bridgehead atoms. The van der Waals surface area contributed by atoms with Crippen molar-refractivity contribution in [3.05, 3.63) is 64.1 Å². The van der Waals surface area contributed by atoms with Crippen LogP contribution in [-0.4, -0.2) is 55.5 Å². The van der Waals surface area contributed by atoms with Gasteiger partial charge in [0.1, 0.15) is 0 Å². The van der Waals surface area contributed by atoms with Gasteiger partial charge in [-0.3, -0.25) is 14.5 Å². The molecule has 2 aliphatic rings. The Kier molecular flexibility index (Phi) is 6.09. The van der Waals surface area contributed by atoms with Gasteiger partial charge in [-0.1, -0.05) is 53.5 Å². The normalized spacial score (nSPS) is 20.6. The summed E-state index contributed by atoms with van der Waals surface area (Å²) in [5.41, 5.74) is 2.18. The minimum absolute atomic E-state index is 0.0241. The monoisotopic (exact) mass is 432 g/mol. The van der Waals surface area contributed by atoms with E-state index in [2.05, 4.69) is 4.90 Å². The molecule has 2 aromatic carbocycles. The Hall–Kier alpha value is -2.08. The van der Waals surface area contributed by atoms with Crippen LogP contribution in [0, 0.1) is 0 Å². The fraction of sp³-hybridized carbons (Fsp3) is 0.364. The van der Waals surface area contributed by atoms with Crippen LogP contribution in [0.15, 0.2) is 48.5 Å². The highest BCUT2D eigenvalue weighted by molar-refractivity contribution is 6.42. The summed E-state index contributed by atoms with van der Waals surface area (Å²) in [6, 6.07) is 15.4. The van der Waals surface area contributed by atoms with Crippen LogP contribution in [0.5, 0.6) is 0 Å². The van der Waals surface area contributed by atoms with Crippen molar-refractivity contribution in [2.75, 3.05) is 37.6 Å². The number of amides is 2. The molecule has 5 nitrogen and oxygen atoms in total. The van der Waals surface area contributed by atoms with E-state index in [-0.39, 0.29) is 17.9 Å². The summed E-state index contributed by atoms with van der Waals surface area (Å²) >= 11 is 12.1. The first-order chi connectivity index (χ1) is 14.0. The molecule has 1 N–H and O–H groups in total. The highest BCUT2D eigenvalue weighted by Crippen LogP contribution is 2.27. The van der Waals surface area contributed by atoms with Gasteiger partial charge in [-0.2, -0.15) is 0 Å². The van der Waals surface area contributed by atoms with Crippen LogP contribution in [0.3, 0.4) is 0 Å². The van der Waals surface area contributed by atoms with Crippen molar-refractivity contribution < 1.29 is 14.5 Å². The van der Waals surface area contributed by atoms with E-state index in [1.807, 2.05) is 48.5 Å². The second-order valence-electron chi connectivity index (χ2n) is 7.62. The molecular formula is C22H24Cl2N3O2+. The minimum atomic E-state index is -0.255. The maximum Gasteiger partial charge on any atom is 0.288 e. The molecule has 2 aromatic rings. The predicted octanol–water partition coefficient (Wildman–Crippen LogP) is 2.07. The lowest BCUT2D eigenvalue weighted by Crippen LogP contribution is -3.19. The van der Waals surface area contributed by atoms with Crippen LogP contribution < -0.4 is 9.80 Å². The molecule has 2 heterocycles. The van der Waals surface area contributed by atoms with E-state index in [0.29, 0.717) is 29.4 Å². The Labute approximate surface area is 180 Å². The standard InChI is InChI=1S/C22H23Cl2N3O2/c23-18-7-6-17(14-19(18)24)25-10-12-26(13-11-25)20-15-21(28)27(22(20)29)9-8-16-4-2-1-3-5-16/h1-7,14,20H,8-13,15H2/p+1/t20-/m1/s1. The molecule has 2 saturated heterocycles. The number of imide groups is 1. The molecule has 0 spiro atoms. The number of halogens is 2. The topological polar surface area (TPSA) is 45.1 Å². The van der Waals surface area contributed by atoms with Gasteiger partial charge in [0, 0.05) is 12.2 Å². The molecule has 2 amide bonds. The SMILES string of the molecule is O=C1C[C@@H]([NH+]2CCN(c3ccc(Cl)c(Cl)c3)CC2)C(=O)N1CCc1ccccc1. The number of carbonyl (C=O) groups excluding carboxylic acids is 2. The summed E-state index contributed by atoms with van der Waals surface area (Å²) < 4.78 is 0.